The smallest absolute Gasteiger partial charge is 0.410 e. The van der Waals surface area contributed by atoms with Crippen molar-refractivity contribution in [1.82, 2.24) is 24.5 Å². The first-order valence-corrected chi connectivity index (χ1v) is 20.0. The number of nitrogens with zero attached hydrogens (tertiary/aromatic N) is 5. The van der Waals surface area contributed by atoms with Gasteiger partial charge in [-0.2, -0.15) is 0 Å². The van der Waals surface area contributed by atoms with Gasteiger partial charge in [-0.15, -0.1) is 0 Å². The lowest BCUT2D eigenvalue weighted by molar-refractivity contribution is -0.156. The van der Waals surface area contributed by atoms with E-state index in [2.05, 4.69) is 10.2 Å². The SMILES string of the molecule is CN(C)C(=O)COC(=O)C1CCN(C2CCN(C(=O)[C@@H](Cc3cc(Cl)c(N)c(C(F)F)c3)OC(=O)N3CCC(N4CCc5ccccc5NC4=O)CC3)CC2)CC1. The molecule has 310 valence electrons. The van der Waals surface area contributed by atoms with Gasteiger partial charge < -0.3 is 45.0 Å². The summed E-state index contributed by atoms with van der Waals surface area (Å²) >= 11 is 6.23. The topological polar surface area (TPSA) is 158 Å². The van der Waals surface area contributed by atoms with Crippen molar-refractivity contribution in [2.75, 3.05) is 77.6 Å². The summed E-state index contributed by atoms with van der Waals surface area (Å²) in [7, 11) is 3.21. The van der Waals surface area contributed by atoms with Gasteiger partial charge in [-0.3, -0.25) is 14.4 Å². The van der Waals surface area contributed by atoms with Crippen molar-refractivity contribution in [3.05, 3.63) is 58.1 Å². The number of amides is 5. The number of likely N-dealkylation sites (tertiary alicyclic amines) is 3. The zero-order valence-corrected chi connectivity index (χ0v) is 33.2. The van der Waals surface area contributed by atoms with Crippen LogP contribution < -0.4 is 11.1 Å². The molecule has 4 aliphatic heterocycles. The molecule has 1 atom stereocenters. The number of nitrogens with one attached hydrogen (secondary N) is 1. The third-order valence-electron chi connectivity index (χ3n) is 11.7. The van der Waals surface area contributed by atoms with Gasteiger partial charge in [-0.25, -0.2) is 18.4 Å². The van der Waals surface area contributed by atoms with Crippen LogP contribution in [-0.2, 0) is 36.7 Å². The van der Waals surface area contributed by atoms with Crippen molar-refractivity contribution in [1.29, 1.82) is 0 Å². The molecule has 17 heteroatoms. The normalized spacial score (nSPS) is 19.4. The summed E-state index contributed by atoms with van der Waals surface area (Å²) in [6, 6.07) is 10.2. The molecule has 14 nitrogen and oxygen atoms in total. The molecule has 3 saturated heterocycles. The molecule has 3 N–H and O–H groups in total. The number of para-hydroxylation sites is 1. The lowest BCUT2D eigenvalue weighted by atomic mass is 9.93. The summed E-state index contributed by atoms with van der Waals surface area (Å²) in [5.74, 6) is -1.35. The molecule has 0 bridgehead atoms. The maximum absolute atomic E-state index is 14.1. The molecule has 0 saturated carbocycles. The maximum atomic E-state index is 14.1. The van der Waals surface area contributed by atoms with Crippen molar-refractivity contribution in [3.63, 3.8) is 0 Å². The molecule has 2 aromatic rings. The number of fused-ring (bicyclic) bond motifs is 1. The summed E-state index contributed by atoms with van der Waals surface area (Å²) in [4.78, 5) is 74.0. The third-order valence-corrected chi connectivity index (χ3v) is 12.0. The number of hydrogen-bond donors (Lipinski definition) is 2. The van der Waals surface area contributed by atoms with E-state index in [9.17, 15) is 32.8 Å². The molecule has 0 radical (unpaired) electrons. The second-order valence-corrected chi connectivity index (χ2v) is 15.9. The lowest BCUT2D eigenvalue weighted by Crippen LogP contribution is -2.53. The molecule has 0 unspecified atom stereocenters. The van der Waals surface area contributed by atoms with Crippen LogP contribution >= 0.6 is 11.6 Å². The molecule has 5 amide bonds. The quantitative estimate of drug-likeness (QED) is 0.254. The third kappa shape index (κ3) is 10.2. The minimum atomic E-state index is -2.90. The van der Waals surface area contributed by atoms with E-state index in [4.69, 9.17) is 26.8 Å². The summed E-state index contributed by atoms with van der Waals surface area (Å²) in [6.07, 6.45) is -0.823. The predicted molar refractivity (Wildman–Crippen MR) is 209 cm³/mol. The van der Waals surface area contributed by atoms with Crippen LogP contribution in [0.1, 0.15) is 61.6 Å². The van der Waals surface area contributed by atoms with E-state index < -0.39 is 30.1 Å². The number of nitrogen functional groups attached to an aromatic ring is 1. The Morgan fingerprint density at radius 1 is 0.912 bits per heavy atom. The first-order chi connectivity index (χ1) is 27.3. The Bertz CT molecular complexity index is 1790. The number of urea groups is 1. The number of nitrogens with two attached hydrogens (primary N) is 1. The molecular weight excluding hydrogens is 764 g/mol. The minimum Gasteiger partial charge on any atom is -0.455 e. The molecule has 0 aliphatic carbocycles. The van der Waals surface area contributed by atoms with Crippen LogP contribution in [0.4, 0.5) is 29.7 Å². The maximum Gasteiger partial charge on any atom is 0.410 e. The highest BCUT2D eigenvalue weighted by Gasteiger charge is 2.37. The number of rotatable bonds is 10. The largest absolute Gasteiger partial charge is 0.455 e. The number of halogens is 3. The Balaban J connectivity index is 1.06. The lowest BCUT2D eigenvalue weighted by Gasteiger charge is -2.42. The molecule has 0 aromatic heterocycles. The van der Waals surface area contributed by atoms with Crippen LogP contribution in [0.3, 0.4) is 0 Å². The monoisotopic (exact) mass is 815 g/mol. The van der Waals surface area contributed by atoms with E-state index in [0.29, 0.717) is 90.8 Å². The van der Waals surface area contributed by atoms with E-state index in [1.54, 1.807) is 19.0 Å². The second kappa shape index (κ2) is 18.7. The number of hydrogen-bond acceptors (Lipinski definition) is 9. The number of carbonyl (C=O) groups excluding carboxylic acids is 5. The van der Waals surface area contributed by atoms with Crippen LogP contribution in [0, 0.1) is 5.92 Å². The zero-order valence-electron chi connectivity index (χ0n) is 32.5. The van der Waals surface area contributed by atoms with Crippen LogP contribution in [-0.4, -0.2) is 139 Å². The summed E-state index contributed by atoms with van der Waals surface area (Å²) in [5, 5.41) is 2.92. The second-order valence-electron chi connectivity index (χ2n) is 15.5. The van der Waals surface area contributed by atoms with Gasteiger partial charge in [0.2, 0.25) is 0 Å². The predicted octanol–water partition coefficient (Wildman–Crippen LogP) is 4.80. The Morgan fingerprint density at radius 2 is 1.56 bits per heavy atom. The Kier molecular flexibility index (Phi) is 13.8. The number of anilines is 2. The van der Waals surface area contributed by atoms with E-state index in [1.165, 1.54) is 21.9 Å². The van der Waals surface area contributed by atoms with Gasteiger partial charge in [0, 0.05) is 76.6 Å². The molecule has 57 heavy (non-hydrogen) atoms. The van der Waals surface area contributed by atoms with Crippen molar-refractivity contribution in [2.45, 2.75) is 76.0 Å². The molecule has 6 rings (SSSR count). The minimum absolute atomic E-state index is 0.0806. The van der Waals surface area contributed by atoms with Gasteiger partial charge in [0.1, 0.15) is 0 Å². The van der Waals surface area contributed by atoms with Crippen LogP contribution in [0.5, 0.6) is 0 Å². The van der Waals surface area contributed by atoms with Gasteiger partial charge in [-0.1, -0.05) is 29.8 Å². The zero-order chi connectivity index (χ0) is 40.8. The highest BCUT2D eigenvalue weighted by Crippen LogP contribution is 2.33. The van der Waals surface area contributed by atoms with Crippen LogP contribution in [0.25, 0.3) is 0 Å². The van der Waals surface area contributed by atoms with Gasteiger partial charge in [-0.05, 0) is 87.4 Å². The summed E-state index contributed by atoms with van der Waals surface area (Å²) < 4.78 is 38.9. The Hall–Kier alpha value is -4.70. The molecular formula is C40H52ClF2N7O7. The fraction of sp³-hybridized carbons (Fsp3) is 0.575. The molecule has 2 aromatic carbocycles. The average molecular weight is 816 g/mol. The first kappa shape index (κ1) is 41.9. The number of benzene rings is 2. The Labute approximate surface area is 336 Å². The van der Waals surface area contributed by atoms with Crippen molar-refractivity contribution >= 4 is 52.9 Å². The van der Waals surface area contributed by atoms with Crippen molar-refractivity contribution < 1.29 is 42.2 Å². The van der Waals surface area contributed by atoms with Gasteiger partial charge in [0.25, 0.3) is 18.2 Å². The van der Waals surface area contributed by atoms with Crippen molar-refractivity contribution in [3.8, 4) is 0 Å². The summed E-state index contributed by atoms with van der Waals surface area (Å²) in [6.45, 7) is 3.02. The van der Waals surface area contributed by atoms with Gasteiger partial charge in [0.15, 0.2) is 12.7 Å². The summed E-state index contributed by atoms with van der Waals surface area (Å²) in [5.41, 5.74) is 7.26. The van der Waals surface area contributed by atoms with E-state index >= 15 is 0 Å². The van der Waals surface area contributed by atoms with Gasteiger partial charge >= 0.3 is 18.1 Å². The number of carbonyl (C=O) groups is 5. The van der Waals surface area contributed by atoms with Crippen LogP contribution in [0.2, 0.25) is 5.02 Å². The number of likely N-dealkylation sites (N-methyl/N-ethyl adjacent to an activating group) is 1. The highest BCUT2D eigenvalue weighted by atomic mass is 35.5. The number of ether oxygens (including phenoxy) is 2. The fourth-order valence-electron chi connectivity index (χ4n) is 8.22. The van der Waals surface area contributed by atoms with E-state index in [0.717, 1.165) is 11.3 Å². The first-order valence-electron chi connectivity index (χ1n) is 19.7. The number of piperidine rings is 3. The van der Waals surface area contributed by atoms with Crippen LogP contribution in [0.15, 0.2) is 36.4 Å². The molecule has 3 fully saturated rings. The highest BCUT2D eigenvalue weighted by molar-refractivity contribution is 6.33. The molecule has 4 aliphatic rings. The molecule has 4 heterocycles. The van der Waals surface area contributed by atoms with Crippen molar-refractivity contribution in [2.24, 2.45) is 5.92 Å². The average Bonchev–Trinajstić information content (AvgIpc) is 3.38. The number of esters is 1. The van der Waals surface area contributed by atoms with Gasteiger partial charge in [0.05, 0.1) is 16.6 Å². The van der Waals surface area contributed by atoms with E-state index in [-0.39, 0.29) is 65.2 Å². The van der Waals surface area contributed by atoms with E-state index in [1.807, 2.05) is 29.2 Å². The fourth-order valence-corrected chi connectivity index (χ4v) is 8.47. The standard InChI is InChI=1S/C40H52ClF2N7O7/c1-46(2)34(51)24-56-38(53)27-7-14-47(15-8-27)28-10-16-48(17-11-28)37(52)33(23-25-21-30(36(42)43)35(44)31(41)22-25)57-40(55)49-18-12-29(13-19-49)50-20-9-26-5-3-4-6-32(26)45-39(50)54/h3-6,21-22,27-29,33,36H,7-20,23-24,44H2,1-2H3,(H,45,54)/t33-/m1/s1. The molecule has 0 spiro atoms. The Morgan fingerprint density at radius 3 is 2.23 bits per heavy atom. The number of alkyl halides is 2.